The molecule has 2 rings (SSSR count). The van der Waals surface area contributed by atoms with E-state index in [1.807, 2.05) is 0 Å². The Morgan fingerprint density at radius 2 is 1.94 bits per heavy atom. The minimum atomic E-state index is -0.496. The predicted octanol–water partition coefficient (Wildman–Crippen LogP) is 4.20. The fourth-order valence-corrected chi connectivity index (χ4v) is 2.53. The lowest BCUT2D eigenvalue weighted by molar-refractivity contribution is 0.365. The first-order chi connectivity index (χ1) is 7.68. The van der Waals surface area contributed by atoms with Crippen LogP contribution in [0.15, 0.2) is 18.2 Å². The van der Waals surface area contributed by atoms with Crippen LogP contribution in [0.5, 0.6) is 0 Å². The van der Waals surface area contributed by atoms with Crippen LogP contribution in [-0.4, -0.2) is 0 Å². The van der Waals surface area contributed by atoms with E-state index in [0.717, 1.165) is 31.2 Å². The second-order valence-corrected chi connectivity index (χ2v) is 4.79. The largest absolute Gasteiger partial charge is 0.205 e. The third-order valence-electron chi connectivity index (χ3n) is 3.39. The second-order valence-electron chi connectivity index (χ2n) is 4.38. The number of hydrogen-bond donors (Lipinski definition) is 0. The van der Waals surface area contributed by atoms with E-state index < -0.39 is 11.2 Å². The van der Waals surface area contributed by atoms with E-state index in [-0.39, 0.29) is 5.02 Å². The summed E-state index contributed by atoms with van der Waals surface area (Å²) >= 11 is 5.65. The molecule has 16 heavy (non-hydrogen) atoms. The molecule has 1 nitrogen and oxygen atoms in total. The molecule has 84 valence electrons. The first-order valence-corrected chi connectivity index (χ1v) is 5.92. The zero-order valence-electron chi connectivity index (χ0n) is 8.97. The molecular weight excluding hydrogens is 225 g/mol. The lowest BCUT2D eigenvalue weighted by Gasteiger charge is -2.31. The normalized spacial score (nSPS) is 19.1. The maximum Gasteiger partial charge on any atom is 0.142 e. The van der Waals surface area contributed by atoms with E-state index >= 15 is 0 Å². The van der Waals surface area contributed by atoms with Gasteiger partial charge >= 0.3 is 0 Å². The average Bonchev–Trinajstić information content (AvgIpc) is 2.33. The number of rotatable bonds is 1. The highest BCUT2D eigenvalue weighted by Crippen LogP contribution is 2.39. The van der Waals surface area contributed by atoms with Crippen LogP contribution in [0.1, 0.15) is 37.7 Å². The van der Waals surface area contributed by atoms with Crippen molar-refractivity contribution in [2.24, 2.45) is 0 Å². The molecule has 1 aliphatic rings. The maximum atomic E-state index is 13.4. The Kier molecular flexibility index (Phi) is 3.16. The van der Waals surface area contributed by atoms with Gasteiger partial charge in [0, 0.05) is 0 Å². The van der Waals surface area contributed by atoms with Crippen LogP contribution in [0, 0.1) is 17.1 Å². The molecule has 0 atom stereocenters. The van der Waals surface area contributed by atoms with Gasteiger partial charge in [-0.15, -0.1) is 0 Å². The summed E-state index contributed by atoms with van der Waals surface area (Å²) in [5.41, 5.74) is 0.278. The molecule has 0 saturated heterocycles. The van der Waals surface area contributed by atoms with Gasteiger partial charge in [-0.1, -0.05) is 36.9 Å². The molecule has 1 saturated carbocycles. The van der Waals surface area contributed by atoms with Crippen molar-refractivity contribution in [2.75, 3.05) is 0 Å². The zero-order chi connectivity index (χ0) is 11.6. The van der Waals surface area contributed by atoms with E-state index in [1.165, 1.54) is 12.5 Å². The molecule has 0 aromatic heterocycles. The van der Waals surface area contributed by atoms with Gasteiger partial charge in [0.2, 0.25) is 0 Å². The molecule has 0 N–H and O–H groups in total. The van der Waals surface area contributed by atoms with Gasteiger partial charge in [0.25, 0.3) is 0 Å². The number of halogens is 2. The van der Waals surface area contributed by atoms with Crippen LogP contribution < -0.4 is 0 Å². The lowest BCUT2D eigenvalue weighted by Crippen LogP contribution is -2.27. The Bertz CT molecular complexity index is 430. The first kappa shape index (κ1) is 11.4. The Hall–Kier alpha value is -1.07. The van der Waals surface area contributed by atoms with Crippen molar-refractivity contribution in [3.8, 4) is 6.07 Å². The summed E-state index contributed by atoms with van der Waals surface area (Å²) in [4.78, 5) is 0. The highest BCUT2D eigenvalue weighted by atomic mass is 35.5. The molecule has 1 aliphatic carbocycles. The standard InChI is InChI=1S/C13H13ClFN/c14-11-5-4-10(8-12(11)15)13(9-16)6-2-1-3-7-13/h4-5,8H,1-3,6-7H2. The first-order valence-electron chi connectivity index (χ1n) is 5.55. The number of nitrogens with zero attached hydrogens (tertiary/aromatic N) is 1. The van der Waals surface area contributed by atoms with Gasteiger partial charge in [-0.25, -0.2) is 4.39 Å². The van der Waals surface area contributed by atoms with Crippen LogP contribution in [0.4, 0.5) is 4.39 Å². The van der Waals surface area contributed by atoms with Gasteiger partial charge in [0.1, 0.15) is 5.82 Å². The van der Waals surface area contributed by atoms with Crippen LogP contribution >= 0.6 is 11.6 Å². The second kappa shape index (κ2) is 4.43. The fourth-order valence-electron chi connectivity index (χ4n) is 2.41. The van der Waals surface area contributed by atoms with E-state index in [0.29, 0.717) is 0 Å². The average molecular weight is 238 g/mol. The molecule has 0 amide bonds. The molecule has 0 radical (unpaired) electrons. The molecule has 0 bridgehead atoms. The van der Waals surface area contributed by atoms with Crippen molar-refractivity contribution in [3.05, 3.63) is 34.6 Å². The smallest absolute Gasteiger partial charge is 0.142 e. The van der Waals surface area contributed by atoms with E-state index in [9.17, 15) is 9.65 Å². The molecule has 3 heteroatoms. The highest BCUT2D eigenvalue weighted by Gasteiger charge is 2.34. The van der Waals surface area contributed by atoms with Gasteiger partial charge in [0.05, 0.1) is 16.5 Å². The molecule has 1 aromatic rings. The maximum absolute atomic E-state index is 13.4. The number of hydrogen-bond acceptors (Lipinski definition) is 1. The van der Waals surface area contributed by atoms with Crippen molar-refractivity contribution in [1.82, 2.24) is 0 Å². The molecule has 0 unspecified atom stereocenters. The predicted molar refractivity (Wildman–Crippen MR) is 61.8 cm³/mol. The Labute approximate surface area is 99.8 Å². The highest BCUT2D eigenvalue weighted by molar-refractivity contribution is 6.30. The lowest BCUT2D eigenvalue weighted by atomic mass is 9.70. The summed E-state index contributed by atoms with van der Waals surface area (Å²) in [5.74, 6) is -0.431. The molecule has 0 spiro atoms. The minimum absolute atomic E-state index is 0.118. The molecule has 1 aromatic carbocycles. The number of benzene rings is 1. The third-order valence-corrected chi connectivity index (χ3v) is 3.70. The summed E-state index contributed by atoms with van der Waals surface area (Å²) in [5, 5.41) is 9.47. The molecule has 1 fully saturated rings. The van der Waals surface area contributed by atoms with E-state index in [1.54, 1.807) is 12.1 Å². The molecule has 0 heterocycles. The van der Waals surface area contributed by atoms with Crippen molar-refractivity contribution in [3.63, 3.8) is 0 Å². The summed E-state index contributed by atoms with van der Waals surface area (Å²) in [6.07, 6.45) is 4.89. The van der Waals surface area contributed by atoms with Gasteiger partial charge in [0.15, 0.2) is 0 Å². The van der Waals surface area contributed by atoms with Crippen LogP contribution in [0.2, 0.25) is 5.02 Å². The monoisotopic (exact) mass is 237 g/mol. The van der Waals surface area contributed by atoms with Crippen molar-refractivity contribution in [1.29, 1.82) is 5.26 Å². The van der Waals surface area contributed by atoms with Crippen LogP contribution in [0.3, 0.4) is 0 Å². The van der Waals surface area contributed by atoms with E-state index in [4.69, 9.17) is 11.6 Å². The summed E-state index contributed by atoms with van der Waals surface area (Å²) in [6, 6.07) is 7.10. The Balaban J connectivity index is 2.40. The van der Waals surface area contributed by atoms with Crippen molar-refractivity contribution in [2.45, 2.75) is 37.5 Å². The molecular formula is C13H13ClFN. The molecule has 0 aliphatic heterocycles. The van der Waals surface area contributed by atoms with E-state index in [2.05, 4.69) is 6.07 Å². The summed E-state index contributed by atoms with van der Waals surface area (Å²) in [6.45, 7) is 0. The van der Waals surface area contributed by atoms with Crippen LogP contribution in [0.25, 0.3) is 0 Å². The van der Waals surface area contributed by atoms with Gasteiger partial charge < -0.3 is 0 Å². The van der Waals surface area contributed by atoms with Crippen molar-refractivity contribution >= 4 is 11.6 Å². The van der Waals surface area contributed by atoms with Crippen LogP contribution in [-0.2, 0) is 5.41 Å². The van der Waals surface area contributed by atoms with Gasteiger partial charge in [-0.2, -0.15) is 5.26 Å². The summed E-state index contributed by atoms with van der Waals surface area (Å²) < 4.78 is 13.4. The van der Waals surface area contributed by atoms with Gasteiger partial charge in [-0.3, -0.25) is 0 Å². The third kappa shape index (κ3) is 1.92. The Morgan fingerprint density at radius 3 is 2.50 bits per heavy atom. The van der Waals surface area contributed by atoms with Crippen molar-refractivity contribution < 1.29 is 4.39 Å². The Morgan fingerprint density at radius 1 is 1.25 bits per heavy atom. The number of nitriles is 1. The topological polar surface area (TPSA) is 23.8 Å². The fraction of sp³-hybridized carbons (Fsp3) is 0.462. The SMILES string of the molecule is N#CC1(c2ccc(Cl)c(F)c2)CCCCC1. The quantitative estimate of drug-likeness (QED) is 0.718. The minimum Gasteiger partial charge on any atom is -0.205 e. The zero-order valence-corrected chi connectivity index (χ0v) is 9.73. The summed E-state index contributed by atoms with van der Waals surface area (Å²) in [7, 11) is 0. The van der Waals surface area contributed by atoms with Gasteiger partial charge in [-0.05, 0) is 30.5 Å².